The molecule has 0 atom stereocenters. The van der Waals surface area contributed by atoms with Gasteiger partial charge in [-0.15, -0.1) is 0 Å². The van der Waals surface area contributed by atoms with E-state index in [0.717, 1.165) is 64.5 Å². The van der Waals surface area contributed by atoms with Gasteiger partial charge in [-0.3, -0.25) is 9.69 Å². The topological polar surface area (TPSA) is 83.1 Å². The molecule has 2 aromatic rings. The van der Waals surface area contributed by atoms with Gasteiger partial charge in [0.15, 0.2) is 0 Å². The molecule has 0 aliphatic carbocycles. The van der Waals surface area contributed by atoms with Crippen LogP contribution in [0.3, 0.4) is 0 Å². The maximum Gasteiger partial charge on any atom is 0.274 e. The number of nitrogens with one attached hydrogen (secondary N) is 1. The van der Waals surface area contributed by atoms with Crippen LogP contribution >= 0.6 is 0 Å². The number of aromatic nitrogens is 2. The van der Waals surface area contributed by atoms with E-state index in [9.17, 15) is 4.79 Å². The van der Waals surface area contributed by atoms with E-state index in [1.807, 2.05) is 43.3 Å². The summed E-state index contributed by atoms with van der Waals surface area (Å²) in [7, 11) is 3.96. The molecule has 1 aliphatic rings. The number of ether oxygens (including phenoxy) is 2. The summed E-state index contributed by atoms with van der Waals surface area (Å²) in [6.07, 6.45) is 1.93. The minimum absolute atomic E-state index is 0.285. The molecule has 1 aliphatic heterocycles. The normalized spacial score (nSPS) is 14.0. The molecule has 0 spiro atoms. The summed E-state index contributed by atoms with van der Waals surface area (Å²) in [5.74, 6) is 0.663. The summed E-state index contributed by atoms with van der Waals surface area (Å²) in [5, 5.41) is 2.95. The van der Waals surface area contributed by atoms with E-state index >= 15 is 0 Å². The second-order valence-corrected chi connectivity index (χ2v) is 8.58. The monoisotopic (exact) mass is 470 g/mol. The Balaban J connectivity index is 1.76. The van der Waals surface area contributed by atoms with E-state index in [1.54, 1.807) is 6.07 Å². The van der Waals surface area contributed by atoms with Crippen molar-refractivity contribution in [2.75, 3.05) is 81.8 Å². The highest BCUT2D eigenvalue weighted by atomic mass is 16.5. The maximum absolute atomic E-state index is 13.1. The molecule has 1 amide bonds. The van der Waals surface area contributed by atoms with Crippen molar-refractivity contribution in [3.63, 3.8) is 0 Å². The van der Waals surface area contributed by atoms with Crippen molar-refractivity contribution in [3.05, 3.63) is 36.0 Å². The van der Waals surface area contributed by atoms with Crippen LogP contribution in [0.2, 0.25) is 0 Å². The number of benzene rings is 1. The summed E-state index contributed by atoms with van der Waals surface area (Å²) >= 11 is 0. The maximum atomic E-state index is 13.1. The zero-order valence-corrected chi connectivity index (χ0v) is 20.9. The Labute approximate surface area is 203 Å². The summed E-state index contributed by atoms with van der Waals surface area (Å²) in [6, 6.07) is 9.32. The lowest BCUT2D eigenvalue weighted by atomic mass is 10.2. The Morgan fingerprint density at radius 2 is 1.76 bits per heavy atom. The van der Waals surface area contributed by atoms with Crippen LogP contribution in [-0.2, 0) is 4.74 Å². The van der Waals surface area contributed by atoms with Crippen LogP contribution in [0.25, 0.3) is 0 Å². The van der Waals surface area contributed by atoms with E-state index < -0.39 is 0 Å². The van der Waals surface area contributed by atoms with Crippen molar-refractivity contribution in [1.82, 2.24) is 14.9 Å². The lowest BCUT2D eigenvalue weighted by molar-refractivity contribution is 0.0320. The summed E-state index contributed by atoms with van der Waals surface area (Å²) in [5.41, 5.74) is 2.07. The van der Waals surface area contributed by atoms with Gasteiger partial charge < -0.3 is 24.6 Å². The second kappa shape index (κ2) is 13.1. The van der Waals surface area contributed by atoms with Crippen LogP contribution in [0.5, 0.6) is 5.88 Å². The first kappa shape index (κ1) is 25.7. The van der Waals surface area contributed by atoms with Crippen LogP contribution in [0, 0.1) is 0 Å². The fourth-order valence-corrected chi connectivity index (χ4v) is 3.74. The Morgan fingerprint density at radius 3 is 2.38 bits per heavy atom. The highest BCUT2D eigenvalue weighted by Gasteiger charge is 2.17. The summed E-state index contributed by atoms with van der Waals surface area (Å²) in [6.45, 7) is 10.5. The first-order chi connectivity index (χ1) is 16.5. The third kappa shape index (κ3) is 7.56. The predicted molar refractivity (Wildman–Crippen MR) is 136 cm³/mol. The van der Waals surface area contributed by atoms with Gasteiger partial charge in [-0.05, 0) is 37.1 Å². The number of anilines is 3. The van der Waals surface area contributed by atoms with Crippen molar-refractivity contribution in [2.24, 2.45) is 0 Å². The molecule has 2 heterocycles. The van der Waals surface area contributed by atoms with Gasteiger partial charge in [-0.2, -0.15) is 4.98 Å². The molecular weight excluding hydrogens is 432 g/mol. The number of rotatable bonds is 12. The molecule has 0 unspecified atom stereocenters. The molecule has 1 aromatic carbocycles. The average Bonchev–Trinajstić information content (AvgIpc) is 2.84. The van der Waals surface area contributed by atoms with Gasteiger partial charge in [-0.1, -0.05) is 13.8 Å². The van der Waals surface area contributed by atoms with Gasteiger partial charge >= 0.3 is 0 Å². The molecule has 1 aromatic heterocycles. The molecule has 34 heavy (non-hydrogen) atoms. The molecule has 9 nitrogen and oxygen atoms in total. The van der Waals surface area contributed by atoms with Crippen LogP contribution in [-0.4, -0.2) is 87.4 Å². The number of amides is 1. The predicted octanol–water partition coefficient (Wildman–Crippen LogP) is 3.13. The number of hydrogen-bond donors (Lipinski definition) is 1. The number of hydrogen-bond acceptors (Lipinski definition) is 8. The number of carbonyl (C=O) groups is 1. The summed E-state index contributed by atoms with van der Waals surface area (Å²) < 4.78 is 11.4. The SMILES string of the molecule is CCCN(CCC)c1nc(OCCN2CCOCC2)cc(C(=O)Nc2ccc(N(C)C)cc2)n1. The third-order valence-electron chi connectivity index (χ3n) is 5.60. The van der Waals surface area contributed by atoms with Crippen molar-refractivity contribution >= 4 is 23.2 Å². The third-order valence-corrected chi connectivity index (χ3v) is 5.60. The van der Waals surface area contributed by atoms with Crippen molar-refractivity contribution in [2.45, 2.75) is 26.7 Å². The van der Waals surface area contributed by atoms with Crippen LogP contribution < -0.4 is 19.9 Å². The van der Waals surface area contributed by atoms with E-state index in [-0.39, 0.29) is 5.91 Å². The fraction of sp³-hybridized carbons (Fsp3) is 0.560. The first-order valence-electron chi connectivity index (χ1n) is 12.2. The molecule has 186 valence electrons. The molecule has 9 heteroatoms. The number of nitrogens with zero attached hydrogens (tertiary/aromatic N) is 5. The van der Waals surface area contributed by atoms with E-state index in [0.29, 0.717) is 29.8 Å². The molecule has 0 radical (unpaired) electrons. The minimum atomic E-state index is -0.285. The second-order valence-electron chi connectivity index (χ2n) is 8.58. The fourth-order valence-electron chi connectivity index (χ4n) is 3.74. The number of morpholine rings is 1. The zero-order valence-electron chi connectivity index (χ0n) is 20.9. The molecule has 0 bridgehead atoms. The van der Waals surface area contributed by atoms with Gasteiger partial charge in [0.2, 0.25) is 11.8 Å². The Kier molecular flexibility index (Phi) is 9.90. The molecule has 1 fully saturated rings. The van der Waals surface area contributed by atoms with Gasteiger partial charge in [0.1, 0.15) is 12.3 Å². The Hall–Kier alpha value is -2.91. The molecule has 1 saturated heterocycles. The van der Waals surface area contributed by atoms with Gasteiger partial charge in [0.25, 0.3) is 5.91 Å². The Morgan fingerprint density at radius 1 is 1.09 bits per heavy atom. The lowest BCUT2D eigenvalue weighted by Gasteiger charge is -2.26. The van der Waals surface area contributed by atoms with Crippen molar-refractivity contribution in [3.8, 4) is 5.88 Å². The van der Waals surface area contributed by atoms with Crippen molar-refractivity contribution < 1.29 is 14.3 Å². The van der Waals surface area contributed by atoms with E-state index in [4.69, 9.17) is 9.47 Å². The highest BCUT2D eigenvalue weighted by Crippen LogP contribution is 2.20. The smallest absolute Gasteiger partial charge is 0.274 e. The quantitative estimate of drug-likeness (QED) is 0.507. The van der Waals surface area contributed by atoms with Crippen LogP contribution in [0.1, 0.15) is 37.2 Å². The number of carbonyl (C=O) groups excluding carboxylic acids is 1. The largest absolute Gasteiger partial charge is 0.476 e. The van der Waals surface area contributed by atoms with Crippen LogP contribution in [0.15, 0.2) is 30.3 Å². The van der Waals surface area contributed by atoms with Crippen LogP contribution in [0.4, 0.5) is 17.3 Å². The zero-order chi connectivity index (χ0) is 24.3. The van der Waals surface area contributed by atoms with E-state index in [1.165, 1.54) is 0 Å². The van der Waals surface area contributed by atoms with Gasteiger partial charge in [-0.25, -0.2) is 4.98 Å². The first-order valence-corrected chi connectivity index (χ1v) is 12.2. The molecule has 0 saturated carbocycles. The standard InChI is InChI=1S/C25H38N6O3/c1-5-11-31(12-6-2)25-27-22(24(32)26-20-7-9-21(10-8-20)29(3)4)19-23(28-25)34-18-15-30-13-16-33-17-14-30/h7-10,19H,5-6,11-18H2,1-4H3,(H,26,32). The van der Waals surface area contributed by atoms with Gasteiger partial charge in [0.05, 0.1) is 13.2 Å². The lowest BCUT2D eigenvalue weighted by Crippen LogP contribution is -2.38. The molecular formula is C25H38N6O3. The average molecular weight is 471 g/mol. The Bertz CT molecular complexity index is 894. The summed E-state index contributed by atoms with van der Waals surface area (Å²) in [4.78, 5) is 28.7. The highest BCUT2D eigenvalue weighted by molar-refractivity contribution is 6.03. The minimum Gasteiger partial charge on any atom is -0.476 e. The molecule has 3 rings (SSSR count). The van der Waals surface area contributed by atoms with Crippen molar-refractivity contribution in [1.29, 1.82) is 0 Å². The van der Waals surface area contributed by atoms with Gasteiger partial charge in [0, 0.05) is 64.3 Å². The molecule has 1 N–H and O–H groups in total. The van der Waals surface area contributed by atoms with E-state index in [2.05, 4.69) is 38.9 Å².